The molecule has 0 radical (unpaired) electrons. The highest BCUT2D eigenvalue weighted by atomic mass is 35.5. The lowest BCUT2D eigenvalue weighted by atomic mass is 10.3. The van der Waals surface area contributed by atoms with Gasteiger partial charge in [0.25, 0.3) is 0 Å². The van der Waals surface area contributed by atoms with Gasteiger partial charge in [0.15, 0.2) is 0 Å². The predicted octanol–water partition coefficient (Wildman–Crippen LogP) is 1.27. The van der Waals surface area contributed by atoms with Crippen molar-refractivity contribution in [3.63, 3.8) is 0 Å². The third-order valence-corrected chi connectivity index (χ3v) is 4.32. The van der Waals surface area contributed by atoms with E-state index in [1.807, 2.05) is 12.1 Å². The fraction of sp³-hybridized carbons (Fsp3) is 0.385. The number of hydrogen-bond acceptors (Lipinski definition) is 6. The van der Waals surface area contributed by atoms with Gasteiger partial charge in [0.2, 0.25) is 11.1 Å². The lowest BCUT2D eigenvalue weighted by Gasteiger charge is -2.26. The van der Waals surface area contributed by atoms with Crippen LogP contribution in [-0.4, -0.2) is 63.1 Å². The minimum absolute atomic E-state index is 0.0638. The Labute approximate surface area is 136 Å². The van der Waals surface area contributed by atoms with Gasteiger partial charge in [0, 0.05) is 18.1 Å². The summed E-state index contributed by atoms with van der Waals surface area (Å²) in [6, 6.07) is 7.23. The van der Waals surface area contributed by atoms with Crippen molar-refractivity contribution in [3.05, 3.63) is 29.3 Å². The zero-order valence-electron chi connectivity index (χ0n) is 11.7. The van der Waals surface area contributed by atoms with Crippen molar-refractivity contribution < 1.29 is 9.53 Å². The van der Waals surface area contributed by atoms with E-state index in [0.29, 0.717) is 42.2 Å². The molecule has 0 N–H and O–H groups in total. The van der Waals surface area contributed by atoms with E-state index in [2.05, 4.69) is 15.5 Å². The zero-order chi connectivity index (χ0) is 15.4. The molecule has 0 saturated carbocycles. The van der Waals surface area contributed by atoms with Crippen LogP contribution in [0.3, 0.4) is 0 Å². The van der Waals surface area contributed by atoms with Crippen LogP contribution in [0.4, 0.5) is 0 Å². The van der Waals surface area contributed by atoms with E-state index in [-0.39, 0.29) is 5.91 Å². The largest absolute Gasteiger partial charge is 0.378 e. The molecule has 116 valence electrons. The van der Waals surface area contributed by atoms with E-state index < -0.39 is 0 Å². The summed E-state index contributed by atoms with van der Waals surface area (Å²) in [5, 5.41) is 12.8. The molecule has 1 saturated heterocycles. The van der Waals surface area contributed by atoms with Gasteiger partial charge in [-0.05, 0) is 28.6 Å². The number of benzene rings is 1. The molecule has 0 aliphatic carbocycles. The summed E-state index contributed by atoms with van der Waals surface area (Å²) in [7, 11) is 0. The number of carbonyl (C=O) groups excluding carboxylic acids is 1. The first-order valence-electron chi connectivity index (χ1n) is 6.77. The minimum Gasteiger partial charge on any atom is -0.378 e. The molecule has 3 rings (SSSR count). The Kier molecular flexibility index (Phi) is 4.91. The Bertz CT molecular complexity index is 659. The van der Waals surface area contributed by atoms with Crippen molar-refractivity contribution in [3.8, 4) is 5.69 Å². The smallest absolute Gasteiger partial charge is 0.233 e. The van der Waals surface area contributed by atoms with E-state index in [1.54, 1.807) is 21.7 Å². The molecule has 1 aliphatic rings. The molecule has 1 aromatic carbocycles. The third-order valence-electron chi connectivity index (χ3n) is 3.18. The van der Waals surface area contributed by atoms with Gasteiger partial charge in [-0.2, -0.15) is 4.68 Å². The molecule has 9 heteroatoms. The molecule has 0 spiro atoms. The summed E-state index contributed by atoms with van der Waals surface area (Å²) >= 11 is 7.29. The van der Waals surface area contributed by atoms with E-state index in [9.17, 15) is 4.79 Å². The van der Waals surface area contributed by atoms with Crippen molar-refractivity contribution in [2.45, 2.75) is 5.16 Å². The molecule has 0 unspecified atom stereocenters. The summed E-state index contributed by atoms with van der Waals surface area (Å²) in [5.41, 5.74) is 0.763. The molecule has 2 heterocycles. The van der Waals surface area contributed by atoms with Crippen molar-refractivity contribution in [1.82, 2.24) is 25.1 Å². The number of halogens is 1. The van der Waals surface area contributed by atoms with Gasteiger partial charge in [0.1, 0.15) is 0 Å². The monoisotopic (exact) mass is 339 g/mol. The summed E-state index contributed by atoms with van der Waals surface area (Å²) in [4.78, 5) is 13.9. The highest BCUT2D eigenvalue weighted by Gasteiger charge is 2.18. The van der Waals surface area contributed by atoms with Gasteiger partial charge in [-0.25, -0.2) is 0 Å². The van der Waals surface area contributed by atoms with Gasteiger partial charge in [-0.15, -0.1) is 5.10 Å². The van der Waals surface area contributed by atoms with Crippen LogP contribution < -0.4 is 0 Å². The average Bonchev–Trinajstić information content (AvgIpc) is 3.02. The lowest BCUT2D eigenvalue weighted by Crippen LogP contribution is -2.41. The fourth-order valence-corrected chi connectivity index (χ4v) is 3.05. The normalized spacial score (nSPS) is 15.0. The quantitative estimate of drug-likeness (QED) is 0.781. The molecular formula is C13H14ClN5O2S. The zero-order valence-corrected chi connectivity index (χ0v) is 13.3. The molecule has 1 fully saturated rings. The highest BCUT2D eigenvalue weighted by molar-refractivity contribution is 7.99. The molecule has 7 nitrogen and oxygen atoms in total. The Balaban J connectivity index is 1.66. The number of morpholine rings is 1. The van der Waals surface area contributed by atoms with Gasteiger partial charge >= 0.3 is 0 Å². The number of nitrogens with zero attached hydrogens (tertiary/aromatic N) is 5. The topological polar surface area (TPSA) is 73.1 Å². The maximum Gasteiger partial charge on any atom is 0.233 e. The summed E-state index contributed by atoms with van der Waals surface area (Å²) in [6.45, 7) is 2.46. The standard InChI is InChI=1S/C13H14ClN5O2S/c14-10-2-1-3-11(8-10)19-13(15-16-17-19)22-9-12(20)18-4-6-21-7-5-18/h1-3,8H,4-7,9H2. The molecule has 1 aliphatic heterocycles. The van der Waals surface area contributed by atoms with Crippen LogP contribution in [0.1, 0.15) is 0 Å². The molecule has 0 bridgehead atoms. The highest BCUT2D eigenvalue weighted by Crippen LogP contribution is 2.20. The van der Waals surface area contributed by atoms with E-state index >= 15 is 0 Å². The molecule has 1 amide bonds. The Morgan fingerprint density at radius 3 is 2.95 bits per heavy atom. The van der Waals surface area contributed by atoms with Gasteiger partial charge in [-0.3, -0.25) is 4.79 Å². The summed E-state index contributed by atoms with van der Waals surface area (Å²) in [5.74, 6) is 0.356. The van der Waals surface area contributed by atoms with E-state index in [1.165, 1.54) is 11.8 Å². The Morgan fingerprint density at radius 2 is 2.18 bits per heavy atom. The fourth-order valence-electron chi connectivity index (χ4n) is 2.07. The molecular weight excluding hydrogens is 326 g/mol. The molecule has 0 atom stereocenters. The second-order valence-electron chi connectivity index (χ2n) is 4.63. The van der Waals surface area contributed by atoms with Crippen molar-refractivity contribution in [2.24, 2.45) is 0 Å². The molecule has 2 aromatic rings. The first kappa shape index (κ1) is 15.3. The molecule has 1 aromatic heterocycles. The van der Waals surface area contributed by atoms with Crippen molar-refractivity contribution >= 4 is 29.3 Å². The van der Waals surface area contributed by atoms with Crippen LogP contribution in [0, 0.1) is 0 Å². The van der Waals surface area contributed by atoms with E-state index in [4.69, 9.17) is 16.3 Å². The summed E-state index contributed by atoms with van der Waals surface area (Å²) in [6.07, 6.45) is 0. The number of carbonyl (C=O) groups is 1. The summed E-state index contributed by atoms with van der Waals surface area (Å²) < 4.78 is 6.81. The van der Waals surface area contributed by atoms with Crippen LogP contribution in [0.5, 0.6) is 0 Å². The number of tetrazole rings is 1. The SMILES string of the molecule is O=C(CSc1nnnn1-c1cccc(Cl)c1)N1CCOCC1. The van der Waals surface area contributed by atoms with Gasteiger partial charge in [0.05, 0.1) is 24.7 Å². The Morgan fingerprint density at radius 1 is 1.36 bits per heavy atom. The first-order chi connectivity index (χ1) is 10.7. The van der Waals surface area contributed by atoms with Crippen LogP contribution in [0.15, 0.2) is 29.4 Å². The second kappa shape index (κ2) is 7.08. The van der Waals surface area contributed by atoms with Crippen LogP contribution in [-0.2, 0) is 9.53 Å². The van der Waals surface area contributed by atoms with Crippen LogP contribution in [0.25, 0.3) is 5.69 Å². The van der Waals surface area contributed by atoms with Gasteiger partial charge < -0.3 is 9.64 Å². The Hall–Kier alpha value is -1.64. The average molecular weight is 340 g/mol. The number of thioether (sulfide) groups is 1. The first-order valence-corrected chi connectivity index (χ1v) is 8.13. The number of ether oxygens (including phenoxy) is 1. The van der Waals surface area contributed by atoms with Crippen molar-refractivity contribution in [1.29, 1.82) is 0 Å². The number of rotatable bonds is 4. The van der Waals surface area contributed by atoms with Crippen LogP contribution >= 0.6 is 23.4 Å². The number of hydrogen-bond donors (Lipinski definition) is 0. The maximum absolute atomic E-state index is 12.1. The lowest BCUT2D eigenvalue weighted by molar-refractivity contribution is -0.132. The van der Waals surface area contributed by atoms with E-state index in [0.717, 1.165) is 5.69 Å². The van der Waals surface area contributed by atoms with Crippen molar-refractivity contribution in [2.75, 3.05) is 32.1 Å². The number of aromatic nitrogens is 4. The third kappa shape index (κ3) is 3.57. The molecule has 22 heavy (non-hydrogen) atoms. The maximum atomic E-state index is 12.1. The number of amides is 1. The van der Waals surface area contributed by atoms with Gasteiger partial charge in [-0.1, -0.05) is 29.4 Å². The minimum atomic E-state index is 0.0638. The van der Waals surface area contributed by atoms with Crippen LogP contribution in [0.2, 0.25) is 5.02 Å². The predicted molar refractivity (Wildman–Crippen MR) is 82.3 cm³/mol. The second-order valence-corrected chi connectivity index (χ2v) is 6.01.